The molecule has 0 bridgehead atoms. The van der Waals surface area contributed by atoms with Gasteiger partial charge in [-0.25, -0.2) is 0 Å². The van der Waals surface area contributed by atoms with E-state index in [4.69, 9.17) is 5.73 Å². The Balaban J connectivity index is 2.82. The summed E-state index contributed by atoms with van der Waals surface area (Å²) in [5.74, 6) is 0. The van der Waals surface area contributed by atoms with Gasteiger partial charge >= 0.3 is 0 Å². The first-order valence-corrected chi connectivity index (χ1v) is 5.81. The maximum atomic E-state index is 5.80. The van der Waals surface area contributed by atoms with Crippen molar-refractivity contribution in [2.75, 3.05) is 17.2 Å². The smallest absolute Gasteiger partial charge is 0.0389 e. The molecule has 0 heterocycles. The number of hydrogen-bond acceptors (Lipinski definition) is 2. The number of anilines is 2. The second-order valence-electron chi connectivity index (χ2n) is 4.02. The summed E-state index contributed by atoms with van der Waals surface area (Å²) in [5.41, 5.74) is 7.88. The van der Waals surface area contributed by atoms with E-state index in [0.717, 1.165) is 12.2 Å². The van der Waals surface area contributed by atoms with Gasteiger partial charge in [-0.1, -0.05) is 19.4 Å². The van der Waals surface area contributed by atoms with Gasteiger partial charge in [0.05, 0.1) is 0 Å². The van der Waals surface area contributed by atoms with Crippen LogP contribution in [0.25, 0.3) is 0 Å². The molecule has 2 N–H and O–H groups in total. The molecule has 2 nitrogen and oxygen atoms in total. The number of nitrogens with two attached hydrogens (primary N) is 1. The minimum Gasteiger partial charge on any atom is -0.399 e. The summed E-state index contributed by atoms with van der Waals surface area (Å²) in [7, 11) is 0. The van der Waals surface area contributed by atoms with Crippen LogP contribution in [-0.2, 0) is 0 Å². The molecule has 0 saturated carbocycles. The molecule has 2 heteroatoms. The summed E-state index contributed by atoms with van der Waals surface area (Å²) in [6.45, 7) is 7.72. The number of hydrogen-bond donors (Lipinski definition) is 1. The molecule has 84 valence electrons. The van der Waals surface area contributed by atoms with Gasteiger partial charge in [0.1, 0.15) is 0 Å². The molecule has 1 aromatic carbocycles. The Kier molecular flexibility index (Phi) is 4.47. The summed E-state index contributed by atoms with van der Waals surface area (Å²) in [6, 6.07) is 8.72. The van der Waals surface area contributed by atoms with Crippen molar-refractivity contribution in [3.05, 3.63) is 24.3 Å². The normalized spacial score (nSPS) is 12.5. The average Bonchev–Trinajstić information content (AvgIpc) is 2.19. The third-order valence-electron chi connectivity index (χ3n) is 2.78. The van der Waals surface area contributed by atoms with Gasteiger partial charge in [0, 0.05) is 24.0 Å². The zero-order chi connectivity index (χ0) is 11.3. The lowest BCUT2D eigenvalue weighted by atomic mass is 10.1. The van der Waals surface area contributed by atoms with Crippen LogP contribution in [-0.4, -0.2) is 12.6 Å². The molecule has 1 unspecified atom stereocenters. The molecule has 0 fully saturated rings. The highest BCUT2D eigenvalue weighted by Gasteiger charge is 2.11. The number of nitrogen functional groups attached to an aromatic ring is 1. The third kappa shape index (κ3) is 3.15. The highest BCUT2D eigenvalue weighted by Crippen LogP contribution is 2.21. The van der Waals surface area contributed by atoms with Gasteiger partial charge in [-0.05, 0) is 38.5 Å². The summed E-state index contributed by atoms with van der Waals surface area (Å²) in [6.07, 6.45) is 2.45. The van der Waals surface area contributed by atoms with Gasteiger partial charge in [-0.3, -0.25) is 0 Å². The van der Waals surface area contributed by atoms with E-state index in [9.17, 15) is 0 Å². The molecule has 0 radical (unpaired) electrons. The van der Waals surface area contributed by atoms with Crippen LogP contribution in [0.5, 0.6) is 0 Å². The van der Waals surface area contributed by atoms with E-state index in [2.05, 4.69) is 37.8 Å². The Morgan fingerprint density at radius 3 is 2.60 bits per heavy atom. The molecule has 0 amide bonds. The van der Waals surface area contributed by atoms with Gasteiger partial charge in [0.15, 0.2) is 0 Å². The largest absolute Gasteiger partial charge is 0.399 e. The van der Waals surface area contributed by atoms with Crippen LogP contribution >= 0.6 is 0 Å². The SMILES string of the molecule is CCCC(C)N(CC)c1cccc(N)c1. The molecule has 0 saturated heterocycles. The molecule has 0 aliphatic carbocycles. The molecule has 0 aliphatic heterocycles. The van der Waals surface area contributed by atoms with Crippen molar-refractivity contribution in [3.63, 3.8) is 0 Å². The van der Waals surface area contributed by atoms with Crippen LogP contribution in [0, 0.1) is 0 Å². The number of rotatable bonds is 5. The summed E-state index contributed by atoms with van der Waals surface area (Å²) >= 11 is 0. The number of nitrogens with zero attached hydrogens (tertiary/aromatic N) is 1. The standard InChI is InChI=1S/C13H22N2/c1-4-7-11(3)15(5-2)13-9-6-8-12(14)10-13/h6,8-11H,4-5,7,14H2,1-3H3. The fourth-order valence-electron chi connectivity index (χ4n) is 2.03. The zero-order valence-electron chi connectivity index (χ0n) is 10.0. The van der Waals surface area contributed by atoms with Crippen molar-refractivity contribution in [1.82, 2.24) is 0 Å². The zero-order valence-corrected chi connectivity index (χ0v) is 10.0. The van der Waals surface area contributed by atoms with Crippen LogP contribution in [0.4, 0.5) is 11.4 Å². The predicted molar refractivity (Wildman–Crippen MR) is 68.2 cm³/mol. The van der Waals surface area contributed by atoms with Gasteiger partial charge in [-0.15, -0.1) is 0 Å². The van der Waals surface area contributed by atoms with Crippen molar-refractivity contribution in [3.8, 4) is 0 Å². The van der Waals surface area contributed by atoms with E-state index in [1.54, 1.807) is 0 Å². The minimum absolute atomic E-state index is 0.585. The van der Waals surface area contributed by atoms with Crippen LogP contribution in [0.3, 0.4) is 0 Å². The van der Waals surface area contributed by atoms with Crippen LogP contribution in [0.1, 0.15) is 33.6 Å². The van der Waals surface area contributed by atoms with Gasteiger partial charge in [-0.2, -0.15) is 0 Å². The Hall–Kier alpha value is -1.18. The molecule has 1 aromatic rings. The van der Waals surface area contributed by atoms with Crippen molar-refractivity contribution in [2.24, 2.45) is 0 Å². The Bertz CT molecular complexity index is 296. The highest BCUT2D eigenvalue weighted by atomic mass is 15.1. The van der Waals surface area contributed by atoms with Crippen molar-refractivity contribution in [1.29, 1.82) is 0 Å². The van der Waals surface area contributed by atoms with Crippen molar-refractivity contribution < 1.29 is 0 Å². The molecule has 0 spiro atoms. The Morgan fingerprint density at radius 1 is 1.33 bits per heavy atom. The lowest BCUT2D eigenvalue weighted by Crippen LogP contribution is -2.32. The first kappa shape index (κ1) is 11.9. The van der Waals surface area contributed by atoms with E-state index in [-0.39, 0.29) is 0 Å². The molecule has 1 atom stereocenters. The summed E-state index contributed by atoms with van der Waals surface area (Å²) in [4.78, 5) is 2.40. The Labute approximate surface area is 93.1 Å². The highest BCUT2D eigenvalue weighted by molar-refractivity contribution is 5.56. The third-order valence-corrected chi connectivity index (χ3v) is 2.78. The predicted octanol–water partition coefficient (Wildman–Crippen LogP) is 3.28. The van der Waals surface area contributed by atoms with E-state index >= 15 is 0 Å². The fourth-order valence-corrected chi connectivity index (χ4v) is 2.03. The van der Waals surface area contributed by atoms with E-state index in [1.165, 1.54) is 18.5 Å². The first-order valence-electron chi connectivity index (χ1n) is 5.81. The van der Waals surface area contributed by atoms with E-state index < -0.39 is 0 Å². The van der Waals surface area contributed by atoms with Crippen LogP contribution in [0.2, 0.25) is 0 Å². The van der Waals surface area contributed by atoms with Crippen molar-refractivity contribution >= 4 is 11.4 Å². The molecular weight excluding hydrogens is 184 g/mol. The monoisotopic (exact) mass is 206 g/mol. The second-order valence-corrected chi connectivity index (χ2v) is 4.02. The lowest BCUT2D eigenvalue weighted by molar-refractivity contribution is 0.591. The van der Waals surface area contributed by atoms with Gasteiger partial charge in [0.2, 0.25) is 0 Å². The molecular formula is C13H22N2. The van der Waals surface area contributed by atoms with Gasteiger partial charge in [0.25, 0.3) is 0 Å². The van der Waals surface area contributed by atoms with E-state index in [1.807, 2.05) is 12.1 Å². The topological polar surface area (TPSA) is 29.3 Å². The minimum atomic E-state index is 0.585. The average molecular weight is 206 g/mol. The molecule has 0 aliphatic rings. The second kappa shape index (κ2) is 5.64. The first-order chi connectivity index (χ1) is 7.19. The van der Waals surface area contributed by atoms with Gasteiger partial charge < -0.3 is 10.6 Å². The number of benzene rings is 1. The quantitative estimate of drug-likeness (QED) is 0.749. The maximum Gasteiger partial charge on any atom is 0.0389 e. The lowest BCUT2D eigenvalue weighted by Gasteiger charge is -2.30. The van der Waals surface area contributed by atoms with Crippen LogP contribution < -0.4 is 10.6 Å². The van der Waals surface area contributed by atoms with E-state index in [0.29, 0.717) is 6.04 Å². The Morgan fingerprint density at radius 2 is 2.07 bits per heavy atom. The summed E-state index contributed by atoms with van der Waals surface area (Å²) < 4.78 is 0. The van der Waals surface area contributed by atoms with Crippen molar-refractivity contribution in [2.45, 2.75) is 39.7 Å². The fraction of sp³-hybridized carbons (Fsp3) is 0.538. The maximum absolute atomic E-state index is 5.80. The summed E-state index contributed by atoms with van der Waals surface area (Å²) in [5, 5.41) is 0. The molecule has 0 aromatic heterocycles. The molecule has 1 rings (SSSR count). The molecule has 15 heavy (non-hydrogen) atoms. The van der Waals surface area contributed by atoms with Crippen LogP contribution in [0.15, 0.2) is 24.3 Å².